The van der Waals surface area contributed by atoms with Crippen LogP contribution in [0.1, 0.15) is 12.5 Å². The van der Waals surface area contributed by atoms with Gasteiger partial charge in [0.05, 0.1) is 6.61 Å². The van der Waals surface area contributed by atoms with Gasteiger partial charge < -0.3 is 10.5 Å². The van der Waals surface area contributed by atoms with Gasteiger partial charge in [0.15, 0.2) is 5.84 Å². The van der Waals surface area contributed by atoms with Crippen molar-refractivity contribution >= 4 is 12.0 Å². The Morgan fingerprint density at radius 2 is 1.76 bits per heavy atom. The van der Waals surface area contributed by atoms with E-state index in [1.807, 2.05) is 54.6 Å². The van der Waals surface area contributed by atoms with Crippen molar-refractivity contribution in [1.29, 1.82) is 0 Å². The van der Waals surface area contributed by atoms with E-state index in [4.69, 9.17) is 5.73 Å². The van der Waals surface area contributed by atoms with E-state index >= 15 is 0 Å². The molecule has 0 bridgehead atoms. The SMILES string of the molecule is CCOC(=O)ON=C(N)c1ccccc1-c1ccccc1. The monoisotopic (exact) mass is 284 g/mol. The minimum atomic E-state index is -0.877. The van der Waals surface area contributed by atoms with E-state index in [1.165, 1.54) is 0 Å². The van der Waals surface area contributed by atoms with Crippen LogP contribution in [0.15, 0.2) is 59.8 Å². The second kappa shape index (κ2) is 7.09. The topological polar surface area (TPSA) is 73.9 Å². The van der Waals surface area contributed by atoms with E-state index in [0.29, 0.717) is 5.56 Å². The van der Waals surface area contributed by atoms with Gasteiger partial charge >= 0.3 is 6.16 Å². The lowest BCUT2D eigenvalue weighted by molar-refractivity contribution is 0.0613. The molecule has 2 aromatic rings. The van der Waals surface area contributed by atoms with Gasteiger partial charge in [-0.3, -0.25) is 4.84 Å². The summed E-state index contributed by atoms with van der Waals surface area (Å²) in [7, 11) is 0. The van der Waals surface area contributed by atoms with Gasteiger partial charge in [0.25, 0.3) is 0 Å². The van der Waals surface area contributed by atoms with Crippen molar-refractivity contribution in [2.24, 2.45) is 10.9 Å². The predicted octanol–water partition coefficient (Wildman–Crippen LogP) is 3.15. The van der Waals surface area contributed by atoms with Crippen LogP contribution in [-0.4, -0.2) is 18.6 Å². The van der Waals surface area contributed by atoms with Gasteiger partial charge in [0.1, 0.15) is 0 Å². The third-order valence-electron chi connectivity index (χ3n) is 2.77. The lowest BCUT2D eigenvalue weighted by atomic mass is 9.99. The summed E-state index contributed by atoms with van der Waals surface area (Å²) >= 11 is 0. The molecule has 2 N–H and O–H groups in total. The van der Waals surface area contributed by atoms with Crippen molar-refractivity contribution in [3.8, 4) is 11.1 Å². The number of hydrogen-bond acceptors (Lipinski definition) is 4. The molecule has 0 radical (unpaired) electrons. The Morgan fingerprint density at radius 3 is 2.48 bits per heavy atom. The molecule has 108 valence electrons. The Kier molecular flexibility index (Phi) is 4.93. The van der Waals surface area contributed by atoms with Crippen LogP contribution in [0.4, 0.5) is 4.79 Å². The minimum absolute atomic E-state index is 0.113. The summed E-state index contributed by atoms with van der Waals surface area (Å²) in [5.74, 6) is 0.113. The molecule has 0 heterocycles. The molecule has 0 aromatic heterocycles. The number of oxime groups is 1. The van der Waals surface area contributed by atoms with Gasteiger partial charge in [-0.2, -0.15) is 0 Å². The number of amidine groups is 1. The number of carbonyl (C=O) groups is 1. The summed E-state index contributed by atoms with van der Waals surface area (Å²) in [6, 6.07) is 17.3. The molecule has 0 atom stereocenters. The maximum Gasteiger partial charge on any atom is 0.535 e. The minimum Gasteiger partial charge on any atom is -0.433 e. The Bertz CT molecular complexity index is 639. The van der Waals surface area contributed by atoms with E-state index < -0.39 is 6.16 Å². The van der Waals surface area contributed by atoms with Crippen LogP contribution in [-0.2, 0) is 9.57 Å². The maximum atomic E-state index is 11.1. The molecule has 0 aliphatic heterocycles. The molecule has 0 fully saturated rings. The highest BCUT2D eigenvalue weighted by Gasteiger charge is 2.09. The number of ether oxygens (including phenoxy) is 1. The smallest absolute Gasteiger partial charge is 0.433 e. The van der Waals surface area contributed by atoms with Crippen molar-refractivity contribution in [3.63, 3.8) is 0 Å². The summed E-state index contributed by atoms with van der Waals surface area (Å²) in [6.45, 7) is 1.90. The Morgan fingerprint density at radius 1 is 1.10 bits per heavy atom. The molecule has 0 saturated carbocycles. The van der Waals surface area contributed by atoms with Crippen molar-refractivity contribution in [2.45, 2.75) is 6.92 Å². The van der Waals surface area contributed by atoms with Crippen molar-refractivity contribution in [3.05, 3.63) is 60.2 Å². The molecule has 0 aliphatic carbocycles. The standard InChI is InChI=1S/C16H16N2O3/c1-2-20-16(19)21-18-15(17)14-11-7-6-10-13(14)12-8-4-3-5-9-12/h3-11H,2H2,1H3,(H2,17,18). The largest absolute Gasteiger partial charge is 0.535 e. The molecule has 0 aliphatic rings. The molecular formula is C16H16N2O3. The molecule has 0 amide bonds. The summed E-state index contributed by atoms with van der Waals surface area (Å²) in [5, 5.41) is 3.62. The summed E-state index contributed by atoms with van der Waals surface area (Å²) in [5.41, 5.74) is 8.49. The Labute approximate surface area is 123 Å². The lowest BCUT2D eigenvalue weighted by Gasteiger charge is -2.08. The van der Waals surface area contributed by atoms with Crippen LogP contribution in [0.3, 0.4) is 0 Å². The maximum absolute atomic E-state index is 11.1. The number of nitrogens with zero attached hydrogens (tertiary/aromatic N) is 1. The van der Waals surface area contributed by atoms with Gasteiger partial charge in [-0.25, -0.2) is 4.79 Å². The first-order chi connectivity index (χ1) is 10.2. The number of carbonyl (C=O) groups excluding carboxylic acids is 1. The fourth-order valence-electron chi connectivity index (χ4n) is 1.86. The van der Waals surface area contributed by atoms with E-state index in [9.17, 15) is 4.79 Å². The number of rotatable bonds is 4. The lowest BCUT2D eigenvalue weighted by Crippen LogP contribution is -2.16. The first kappa shape index (κ1) is 14.6. The fourth-order valence-corrected chi connectivity index (χ4v) is 1.86. The zero-order chi connectivity index (χ0) is 15.1. The molecular weight excluding hydrogens is 268 g/mol. The average molecular weight is 284 g/mol. The van der Waals surface area contributed by atoms with Crippen LogP contribution in [0.5, 0.6) is 0 Å². The average Bonchev–Trinajstić information content (AvgIpc) is 2.54. The van der Waals surface area contributed by atoms with Crippen molar-refractivity contribution < 1.29 is 14.4 Å². The highest BCUT2D eigenvalue weighted by atomic mass is 16.8. The van der Waals surface area contributed by atoms with E-state index in [2.05, 4.69) is 14.7 Å². The third kappa shape index (κ3) is 3.82. The highest BCUT2D eigenvalue weighted by Crippen LogP contribution is 2.23. The van der Waals surface area contributed by atoms with Crippen LogP contribution in [0.25, 0.3) is 11.1 Å². The molecule has 21 heavy (non-hydrogen) atoms. The summed E-state index contributed by atoms with van der Waals surface area (Å²) in [6.07, 6.45) is -0.877. The van der Waals surface area contributed by atoms with E-state index in [-0.39, 0.29) is 12.4 Å². The van der Waals surface area contributed by atoms with Gasteiger partial charge in [-0.15, -0.1) is 0 Å². The van der Waals surface area contributed by atoms with E-state index in [0.717, 1.165) is 11.1 Å². The van der Waals surface area contributed by atoms with E-state index in [1.54, 1.807) is 6.92 Å². The fraction of sp³-hybridized carbons (Fsp3) is 0.125. The third-order valence-corrected chi connectivity index (χ3v) is 2.77. The Hall–Kier alpha value is -2.82. The van der Waals surface area contributed by atoms with Gasteiger partial charge in [0.2, 0.25) is 0 Å². The predicted molar refractivity (Wildman–Crippen MR) is 80.7 cm³/mol. The quantitative estimate of drug-likeness (QED) is 0.308. The molecule has 2 rings (SSSR count). The molecule has 5 nitrogen and oxygen atoms in total. The molecule has 0 saturated heterocycles. The van der Waals surface area contributed by atoms with Crippen LogP contribution >= 0.6 is 0 Å². The molecule has 5 heteroatoms. The van der Waals surface area contributed by atoms with Crippen molar-refractivity contribution in [1.82, 2.24) is 0 Å². The number of nitrogens with two attached hydrogens (primary N) is 1. The summed E-state index contributed by atoms with van der Waals surface area (Å²) < 4.78 is 4.62. The van der Waals surface area contributed by atoms with Gasteiger partial charge in [0, 0.05) is 5.56 Å². The number of hydrogen-bond donors (Lipinski definition) is 1. The molecule has 0 spiro atoms. The first-order valence-electron chi connectivity index (χ1n) is 6.54. The highest BCUT2D eigenvalue weighted by molar-refractivity contribution is 6.03. The first-order valence-corrected chi connectivity index (χ1v) is 6.54. The zero-order valence-electron chi connectivity index (χ0n) is 11.7. The Balaban J connectivity index is 2.28. The second-order valence-corrected chi connectivity index (χ2v) is 4.16. The summed E-state index contributed by atoms with van der Waals surface area (Å²) in [4.78, 5) is 15.7. The molecule has 2 aromatic carbocycles. The second-order valence-electron chi connectivity index (χ2n) is 4.16. The normalized spacial score (nSPS) is 11.0. The number of benzene rings is 2. The van der Waals surface area contributed by atoms with Crippen LogP contribution in [0.2, 0.25) is 0 Å². The zero-order valence-corrected chi connectivity index (χ0v) is 11.7. The molecule has 0 unspecified atom stereocenters. The van der Waals surface area contributed by atoms with Crippen LogP contribution in [0, 0.1) is 0 Å². The van der Waals surface area contributed by atoms with Gasteiger partial charge in [-0.1, -0.05) is 59.8 Å². The van der Waals surface area contributed by atoms with Gasteiger partial charge in [-0.05, 0) is 18.1 Å². The van der Waals surface area contributed by atoms with Crippen molar-refractivity contribution in [2.75, 3.05) is 6.61 Å². The van der Waals surface area contributed by atoms with Crippen LogP contribution < -0.4 is 5.73 Å².